The van der Waals surface area contributed by atoms with Gasteiger partial charge in [0.15, 0.2) is 5.12 Å². The van der Waals surface area contributed by atoms with Crippen LogP contribution in [0, 0.1) is 52.3 Å². The molecule has 0 aromatic heterocycles. The topological polar surface area (TPSA) is 57.5 Å². The van der Waals surface area contributed by atoms with E-state index in [-0.39, 0.29) is 16.6 Å². The van der Waals surface area contributed by atoms with Crippen molar-refractivity contribution in [3.05, 3.63) is 11.6 Å². The molecule has 4 rings (SSSR count). The normalized spacial score (nSPS) is 41.8. The summed E-state index contributed by atoms with van der Waals surface area (Å²) in [6.07, 6.45) is 14.8. The van der Waals surface area contributed by atoms with Crippen molar-refractivity contribution in [2.75, 3.05) is 5.75 Å². The zero-order chi connectivity index (χ0) is 26.3. The molecule has 36 heavy (non-hydrogen) atoms. The Morgan fingerprint density at radius 1 is 1.14 bits per heavy atom. The molecule has 0 saturated heterocycles. The summed E-state index contributed by atoms with van der Waals surface area (Å²) in [6.45, 7) is 14.0. The molecule has 0 aromatic rings. The highest BCUT2D eigenvalue weighted by atomic mass is 32.2. The Kier molecular flexibility index (Phi) is 9.10. The summed E-state index contributed by atoms with van der Waals surface area (Å²) >= 11 is 1.24. The second-order valence-electron chi connectivity index (χ2n) is 14.1. The Labute approximate surface area is 225 Å². The number of aliphatic hydroxyl groups excluding tert-OH is 2. The van der Waals surface area contributed by atoms with Gasteiger partial charge in [0.25, 0.3) is 0 Å². The third kappa shape index (κ3) is 5.53. The summed E-state index contributed by atoms with van der Waals surface area (Å²) in [6, 6.07) is 0. The maximum Gasteiger partial charge on any atom is 0.185 e. The number of fused-ring (bicyclic) bond motifs is 5. The minimum atomic E-state index is -0.482. The maximum atomic E-state index is 11.5. The van der Waals surface area contributed by atoms with E-state index in [1.54, 1.807) is 6.92 Å². The molecule has 0 aromatic carbocycles. The molecule has 4 heteroatoms. The highest BCUT2D eigenvalue weighted by Gasteiger charge is 2.60. The summed E-state index contributed by atoms with van der Waals surface area (Å²) in [5.74, 6) is 5.48. The average molecular weight is 519 g/mol. The standard InChI is InChI=1S/C32H54O3S/c1-20(2)8-7-9-21(3)28-12-13-29-27-11-10-23-16-25(34)17-24(18-26(35)19-36-22(4)33)32(23,6)30(27)14-15-31(28,29)5/h10,20-21,24-30,34-35H,7-9,11-19H2,1-6H3/t21-,24?,25-,26?,27+,28-,29+,30+,31-,32-/m1/s1. The van der Waals surface area contributed by atoms with Crippen LogP contribution in [0.15, 0.2) is 11.6 Å². The number of thioether (sulfide) groups is 1. The van der Waals surface area contributed by atoms with Crippen LogP contribution >= 0.6 is 11.8 Å². The zero-order valence-corrected chi connectivity index (χ0v) is 24.8. The van der Waals surface area contributed by atoms with Gasteiger partial charge in [-0.1, -0.05) is 77.3 Å². The third-order valence-electron chi connectivity index (χ3n) is 11.6. The Morgan fingerprint density at radius 3 is 2.58 bits per heavy atom. The summed E-state index contributed by atoms with van der Waals surface area (Å²) in [5.41, 5.74) is 2.02. The van der Waals surface area contributed by atoms with Crippen LogP contribution in [0.2, 0.25) is 0 Å². The fraction of sp³-hybridized carbons (Fsp3) is 0.906. The second kappa shape index (κ2) is 11.4. The van der Waals surface area contributed by atoms with Gasteiger partial charge in [-0.2, -0.15) is 0 Å². The fourth-order valence-corrected chi connectivity index (χ4v) is 10.4. The van der Waals surface area contributed by atoms with Crippen molar-refractivity contribution in [1.29, 1.82) is 0 Å². The van der Waals surface area contributed by atoms with Crippen molar-refractivity contribution in [2.45, 2.75) is 124 Å². The van der Waals surface area contributed by atoms with E-state index in [1.807, 2.05) is 0 Å². The van der Waals surface area contributed by atoms with Crippen molar-refractivity contribution in [3.63, 3.8) is 0 Å². The number of rotatable bonds is 9. The molecule has 2 N–H and O–H groups in total. The highest BCUT2D eigenvalue weighted by molar-refractivity contribution is 8.13. The smallest absolute Gasteiger partial charge is 0.185 e. The van der Waals surface area contributed by atoms with Crippen LogP contribution in [0.25, 0.3) is 0 Å². The molecular formula is C32H54O3S. The predicted molar refractivity (Wildman–Crippen MR) is 152 cm³/mol. The average Bonchev–Trinajstić information content (AvgIpc) is 3.15. The predicted octanol–water partition coefficient (Wildman–Crippen LogP) is 7.65. The molecule has 4 aliphatic rings. The third-order valence-corrected chi connectivity index (χ3v) is 12.6. The first-order valence-corrected chi connectivity index (χ1v) is 16.1. The molecule has 3 fully saturated rings. The molecular weight excluding hydrogens is 464 g/mol. The van der Waals surface area contributed by atoms with E-state index in [0.717, 1.165) is 42.4 Å². The quantitative estimate of drug-likeness (QED) is 0.308. The summed E-state index contributed by atoms with van der Waals surface area (Å²) in [4.78, 5) is 11.5. The first kappa shape index (κ1) is 28.7. The van der Waals surface area contributed by atoms with Gasteiger partial charge in [-0.05, 0) is 104 Å². The molecule has 10 atom stereocenters. The van der Waals surface area contributed by atoms with Gasteiger partial charge in [-0.25, -0.2) is 0 Å². The van der Waals surface area contributed by atoms with Gasteiger partial charge in [-0.3, -0.25) is 4.79 Å². The van der Waals surface area contributed by atoms with Crippen molar-refractivity contribution in [3.8, 4) is 0 Å². The van der Waals surface area contributed by atoms with E-state index in [1.165, 1.54) is 68.7 Å². The molecule has 0 heterocycles. The first-order chi connectivity index (χ1) is 17.0. The number of hydrogen-bond acceptors (Lipinski definition) is 4. The van der Waals surface area contributed by atoms with E-state index in [0.29, 0.717) is 29.4 Å². The molecule has 3 saturated carbocycles. The number of carbonyl (C=O) groups is 1. The lowest BCUT2D eigenvalue weighted by atomic mass is 9.44. The first-order valence-electron chi connectivity index (χ1n) is 15.2. The number of aliphatic hydroxyl groups is 2. The van der Waals surface area contributed by atoms with Crippen molar-refractivity contribution in [2.24, 2.45) is 52.3 Å². The Hall–Kier alpha value is -0.320. The number of allylic oxidation sites excluding steroid dienone is 1. The lowest BCUT2D eigenvalue weighted by molar-refractivity contribution is -0.109. The van der Waals surface area contributed by atoms with Gasteiger partial charge >= 0.3 is 0 Å². The molecule has 3 nitrogen and oxygen atoms in total. The van der Waals surface area contributed by atoms with Crippen LogP contribution in [-0.4, -0.2) is 33.3 Å². The van der Waals surface area contributed by atoms with E-state index < -0.39 is 6.10 Å². The van der Waals surface area contributed by atoms with Gasteiger partial charge in [0.05, 0.1) is 12.2 Å². The Morgan fingerprint density at radius 2 is 1.89 bits per heavy atom. The number of carbonyl (C=O) groups excluding carboxylic acids is 1. The highest BCUT2D eigenvalue weighted by Crippen LogP contribution is 2.68. The van der Waals surface area contributed by atoms with Gasteiger partial charge in [0, 0.05) is 12.7 Å². The van der Waals surface area contributed by atoms with Gasteiger partial charge in [0.2, 0.25) is 0 Å². The van der Waals surface area contributed by atoms with Crippen LogP contribution in [0.5, 0.6) is 0 Å². The Balaban J connectivity index is 1.52. The minimum absolute atomic E-state index is 0.0723. The molecule has 0 radical (unpaired) electrons. The van der Waals surface area contributed by atoms with Crippen molar-refractivity contribution in [1.82, 2.24) is 0 Å². The van der Waals surface area contributed by atoms with Crippen LogP contribution in [0.4, 0.5) is 0 Å². The monoisotopic (exact) mass is 518 g/mol. The molecule has 206 valence electrons. The van der Waals surface area contributed by atoms with Gasteiger partial charge in [0.1, 0.15) is 0 Å². The largest absolute Gasteiger partial charge is 0.393 e. The molecule has 2 unspecified atom stereocenters. The van der Waals surface area contributed by atoms with Gasteiger partial charge in [-0.15, -0.1) is 0 Å². The summed E-state index contributed by atoms with van der Waals surface area (Å²) in [5, 5.41) is 21.7. The lowest BCUT2D eigenvalue weighted by Gasteiger charge is -2.61. The van der Waals surface area contributed by atoms with Crippen molar-refractivity contribution >= 4 is 16.9 Å². The van der Waals surface area contributed by atoms with Crippen LogP contribution in [0.1, 0.15) is 112 Å². The summed E-state index contributed by atoms with van der Waals surface area (Å²) < 4.78 is 0. The Bertz CT molecular complexity index is 807. The van der Waals surface area contributed by atoms with E-state index in [9.17, 15) is 15.0 Å². The molecule has 0 spiro atoms. The molecule has 4 aliphatic carbocycles. The van der Waals surface area contributed by atoms with Crippen LogP contribution in [0.3, 0.4) is 0 Å². The molecule has 0 bridgehead atoms. The molecule has 0 amide bonds. The SMILES string of the molecule is CC(=O)SCC(O)CC1C[C@H](O)CC2=CC[C@H]3[C@@H]4CC[C@H]([C@H](C)CCCC(C)C)[C@@]4(C)CC[C@@H]3[C@]21C. The molecule has 0 aliphatic heterocycles. The zero-order valence-electron chi connectivity index (χ0n) is 24.0. The lowest BCUT2D eigenvalue weighted by Crippen LogP contribution is -2.54. The number of hydrogen-bond donors (Lipinski definition) is 2. The minimum Gasteiger partial charge on any atom is -0.393 e. The van der Waals surface area contributed by atoms with Gasteiger partial charge < -0.3 is 10.2 Å². The van der Waals surface area contributed by atoms with E-state index in [4.69, 9.17) is 0 Å². The van der Waals surface area contributed by atoms with E-state index in [2.05, 4.69) is 40.7 Å². The maximum absolute atomic E-state index is 11.5. The van der Waals surface area contributed by atoms with Crippen molar-refractivity contribution < 1.29 is 15.0 Å². The van der Waals surface area contributed by atoms with E-state index >= 15 is 0 Å². The van der Waals surface area contributed by atoms with Crippen LogP contribution in [-0.2, 0) is 4.79 Å². The second-order valence-corrected chi connectivity index (χ2v) is 15.3. The summed E-state index contributed by atoms with van der Waals surface area (Å²) in [7, 11) is 0. The fourth-order valence-electron chi connectivity index (χ4n) is 9.85. The van der Waals surface area contributed by atoms with Crippen LogP contribution < -0.4 is 0 Å².